The summed E-state index contributed by atoms with van der Waals surface area (Å²) in [4.78, 5) is 2.50. The predicted octanol–water partition coefficient (Wildman–Crippen LogP) is 2.90. The lowest BCUT2D eigenvalue weighted by molar-refractivity contribution is 0.101. The Labute approximate surface area is 114 Å². The minimum Gasteiger partial charge on any atom is -0.383 e. The molecule has 0 rings (SSSR count). The summed E-state index contributed by atoms with van der Waals surface area (Å²) in [6.07, 6.45) is 3.86. The topological polar surface area (TPSA) is 24.5 Å². The molecule has 0 aliphatic carbocycles. The molecule has 0 bridgehead atoms. The second-order valence-electron chi connectivity index (χ2n) is 6.17. The Bertz CT molecular complexity index is 189. The van der Waals surface area contributed by atoms with Gasteiger partial charge in [0.25, 0.3) is 0 Å². The van der Waals surface area contributed by atoms with Crippen LogP contribution >= 0.6 is 0 Å². The molecular weight excluding hydrogens is 224 g/mol. The smallest absolute Gasteiger partial charge is 0.0615 e. The van der Waals surface area contributed by atoms with E-state index in [2.05, 4.69) is 44.8 Å². The standard InChI is InChI=1S/C15H34N2O/c1-7-17(14(2)13-18-6)12-10-8-9-11-16-15(3,4)5/h14,16H,7-13H2,1-6H3. The van der Waals surface area contributed by atoms with Gasteiger partial charge in [0.15, 0.2) is 0 Å². The van der Waals surface area contributed by atoms with E-state index in [4.69, 9.17) is 4.74 Å². The van der Waals surface area contributed by atoms with E-state index in [0.717, 1.165) is 19.7 Å². The molecule has 18 heavy (non-hydrogen) atoms. The van der Waals surface area contributed by atoms with E-state index in [-0.39, 0.29) is 5.54 Å². The number of rotatable bonds is 10. The van der Waals surface area contributed by atoms with Crippen LogP contribution in [0.1, 0.15) is 53.9 Å². The van der Waals surface area contributed by atoms with Gasteiger partial charge in [-0.3, -0.25) is 4.90 Å². The quantitative estimate of drug-likeness (QED) is 0.610. The lowest BCUT2D eigenvalue weighted by Crippen LogP contribution is -2.37. The second kappa shape index (κ2) is 9.76. The summed E-state index contributed by atoms with van der Waals surface area (Å²) >= 11 is 0. The highest BCUT2D eigenvalue weighted by Crippen LogP contribution is 2.05. The number of likely N-dealkylation sites (N-methyl/N-ethyl adjacent to an activating group) is 1. The van der Waals surface area contributed by atoms with Crippen molar-refractivity contribution in [3.63, 3.8) is 0 Å². The van der Waals surface area contributed by atoms with Crippen molar-refractivity contribution in [1.29, 1.82) is 0 Å². The van der Waals surface area contributed by atoms with E-state index in [9.17, 15) is 0 Å². The summed E-state index contributed by atoms with van der Waals surface area (Å²) in [5.41, 5.74) is 0.252. The van der Waals surface area contributed by atoms with Gasteiger partial charge in [-0.05, 0) is 60.2 Å². The summed E-state index contributed by atoms with van der Waals surface area (Å²) in [6, 6.07) is 0.535. The molecular formula is C15H34N2O. The van der Waals surface area contributed by atoms with Gasteiger partial charge in [0.05, 0.1) is 6.61 Å². The summed E-state index contributed by atoms with van der Waals surface area (Å²) in [5.74, 6) is 0. The maximum atomic E-state index is 5.22. The van der Waals surface area contributed by atoms with Gasteiger partial charge in [-0.15, -0.1) is 0 Å². The summed E-state index contributed by atoms with van der Waals surface area (Å²) < 4.78 is 5.22. The summed E-state index contributed by atoms with van der Waals surface area (Å²) in [5, 5.41) is 3.53. The SMILES string of the molecule is CCN(CCCCCNC(C)(C)C)C(C)COC. The number of methoxy groups -OCH3 is 1. The largest absolute Gasteiger partial charge is 0.383 e. The van der Waals surface area contributed by atoms with E-state index < -0.39 is 0 Å². The van der Waals surface area contributed by atoms with Crippen molar-refractivity contribution < 1.29 is 4.74 Å². The Kier molecular flexibility index (Phi) is 9.70. The highest BCUT2D eigenvalue weighted by atomic mass is 16.5. The molecule has 0 radical (unpaired) electrons. The third-order valence-electron chi connectivity index (χ3n) is 3.21. The molecule has 0 spiro atoms. The van der Waals surface area contributed by atoms with Crippen molar-refractivity contribution in [3.8, 4) is 0 Å². The molecule has 0 aromatic heterocycles. The zero-order valence-electron chi connectivity index (χ0n) is 13.4. The van der Waals surface area contributed by atoms with Crippen LogP contribution in [0.15, 0.2) is 0 Å². The van der Waals surface area contributed by atoms with Crippen LogP contribution in [0.5, 0.6) is 0 Å². The lowest BCUT2D eigenvalue weighted by Gasteiger charge is -2.27. The third-order valence-corrected chi connectivity index (χ3v) is 3.21. The minimum absolute atomic E-state index is 0.252. The normalized spacial score (nSPS) is 14.2. The van der Waals surface area contributed by atoms with Crippen molar-refractivity contribution in [2.45, 2.75) is 65.5 Å². The van der Waals surface area contributed by atoms with Crippen LogP contribution in [0.3, 0.4) is 0 Å². The molecule has 1 unspecified atom stereocenters. The van der Waals surface area contributed by atoms with Gasteiger partial charge >= 0.3 is 0 Å². The van der Waals surface area contributed by atoms with Crippen LogP contribution in [0, 0.1) is 0 Å². The average molecular weight is 258 g/mol. The van der Waals surface area contributed by atoms with Crippen molar-refractivity contribution in [3.05, 3.63) is 0 Å². The van der Waals surface area contributed by atoms with E-state index in [1.165, 1.54) is 25.8 Å². The van der Waals surface area contributed by atoms with E-state index in [1.54, 1.807) is 7.11 Å². The summed E-state index contributed by atoms with van der Waals surface area (Å²) in [6.45, 7) is 15.4. The molecule has 1 atom stereocenters. The summed E-state index contributed by atoms with van der Waals surface area (Å²) in [7, 11) is 1.78. The van der Waals surface area contributed by atoms with Crippen LogP contribution in [0.25, 0.3) is 0 Å². The van der Waals surface area contributed by atoms with Gasteiger partial charge in [0.2, 0.25) is 0 Å². The predicted molar refractivity (Wildman–Crippen MR) is 80.2 cm³/mol. The molecule has 3 nitrogen and oxygen atoms in total. The highest BCUT2D eigenvalue weighted by Gasteiger charge is 2.11. The first-order valence-corrected chi connectivity index (χ1v) is 7.38. The highest BCUT2D eigenvalue weighted by molar-refractivity contribution is 4.70. The maximum absolute atomic E-state index is 5.22. The number of nitrogens with one attached hydrogen (secondary N) is 1. The van der Waals surface area contributed by atoms with E-state index in [0.29, 0.717) is 6.04 Å². The zero-order chi connectivity index (χ0) is 14.0. The third kappa shape index (κ3) is 9.86. The second-order valence-corrected chi connectivity index (χ2v) is 6.17. The van der Waals surface area contributed by atoms with Gasteiger partial charge in [-0.25, -0.2) is 0 Å². The van der Waals surface area contributed by atoms with Gasteiger partial charge in [-0.2, -0.15) is 0 Å². The number of ether oxygens (including phenoxy) is 1. The molecule has 0 aliphatic rings. The minimum atomic E-state index is 0.252. The Balaban J connectivity index is 3.57. The van der Waals surface area contributed by atoms with Crippen molar-refractivity contribution in [1.82, 2.24) is 10.2 Å². The number of nitrogens with zero attached hydrogens (tertiary/aromatic N) is 1. The van der Waals surface area contributed by atoms with Crippen molar-refractivity contribution in [2.24, 2.45) is 0 Å². The molecule has 0 aromatic carbocycles. The van der Waals surface area contributed by atoms with Gasteiger partial charge in [0, 0.05) is 18.7 Å². The average Bonchev–Trinajstić information content (AvgIpc) is 2.27. The van der Waals surface area contributed by atoms with Crippen LogP contribution < -0.4 is 5.32 Å². The van der Waals surface area contributed by atoms with Crippen LogP contribution in [-0.2, 0) is 4.74 Å². The van der Waals surface area contributed by atoms with Gasteiger partial charge < -0.3 is 10.1 Å². The van der Waals surface area contributed by atoms with Crippen molar-refractivity contribution >= 4 is 0 Å². The fraction of sp³-hybridized carbons (Fsp3) is 1.00. The fourth-order valence-corrected chi connectivity index (χ4v) is 2.12. The first-order valence-electron chi connectivity index (χ1n) is 7.38. The molecule has 0 amide bonds. The zero-order valence-corrected chi connectivity index (χ0v) is 13.4. The first-order chi connectivity index (χ1) is 8.40. The van der Waals surface area contributed by atoms with E-state index >= 15 is 0 Å². The van der Waals surface area contributed by atoms with Gasteiger partial charge in [0.1, 0.15) is 0 Å². The van der Waals surface area contributed by atoms with Crippen LogP contribution in [0.4, 0.5) is 0 Å². The molecule has 0 fully saturated rings. The Morgan fingerprint density at radius 2 is 1.83 bits per heavy atom. The molecule has 0 saturated carbocycles. The van der Waals surface area contributed by atoms with Crippen LogP contribution in [-0.4, -0.2) is 49.8 Å². The molecule has 0 aliphatic heterocycles. The fourth-order valence-electron chi connectivity index (χ4n) is 2.12. The first kappa shape index (κ1) is 17.9. The number of hydrogen-bond acceptors (Lipinski definition) is 3. The monoisotopic (exact) mass is 258 g/mol. The van der Waals surface area contributed by atoms with Crippen molar-refractivity contribution in [2.75, 3.05) is 33.4 Å². The Morgan fingerprint density at radius 3 is 2.33 bits per heavy atom. The molecule has 0 aromatic rings. The lowest BCUT2D eigenvalue weighted by atomic mass is 10.1. The molecule has 1 N–H and O–H groups in total. The maximum Gasteiger partial charge on any atom is 0.0615 e. The molecule has 110 valence electrons. The number of hydrogen-bond donors (Lipinski definition) is 1. The van der Waals surface area contributed by atoms with Gasteiger partial charge in [-0.1, -0.05) is 13.3 Å². The molecule has 0 heterocycles. The Hall–Kier alpha value is -0.120. The number of unbranched alkanes of at least 4 members (excludes halogenated alkanes) is 2. The Morgan fingerprint density at radius 1 is 1.17 bits per heavy atom. The molecule has 3 heteroatoms. The molecule has 0 saturated heterocycles. The van der Waals surface area contributed by atoms with E-state index in [1.807, 2.05) is 0 Å². The van der Waals surface area contributed by atoms with Crippen LogP contribution in [0.2, 0.25) is 0 Å².